The van der Waals surface area contributed by atoms with Gasteiger partial charge in [0.1, 0.15) is 50.9 Å². The molecule has 93 heavy (non-hydrogen) atoms. The van der Waals surface area contributed by atoms with Crippen LogP contribution in [-0.4, -0.2) is 106 Å². The van der Waals surface area contributed by atoms with Crippen LogP contribution >= 0.6 is 34.0 Å². The quantitative estimate of drug-likeness (QED) is 0.0847. The number of hydrogen-bond donors (Lipinski definition) is 3. The van der Waals surface area contributed by atoms with Gasteiger partial charge in [0.2, 0.25) is 0 Å². The molecule has 9 heterocycles. The summed E-state index contributed by atoms with van der Waals surface area (Å²) in [6.07, 6.45) is 2.78. The van der Waals surface area contributed by atoms with E-state index in [9.17, 15) is 39.5 Å². The minimum atomic E-state index is -4.21. The first-order valence-corrected chi connectivity index (χ1v) is 34.6. The minimum Gasteiger partial charge on any atom is -0.355 e. The molecule has 9 aromatic rings. The Hall–Kier alpha value is -6.57. The monoisotopic (exact) mass is 1340 g/mol. The largest absolute Gasteiger partial charge is 0.393 e. The van der Waals surface area contributed by atoms with E-state index in [1.54, 1.807) is 18.2 Å². The molecule has 0 bridgehead atoms. The van der Waals surface area contributed by atoms with Crippen LogP contribution in [0.25, 0.3) is 30.6 Å². The molecule has 3 saturated heterocycles. The first-order valence-electron chi connectivity index (χ1n) is 32.1. The second-order valence-electron chi connectivity index (χ2n) is 26.7. The van der Waals surface area contributed by atoms with E-state index in [2.05, 4.69) is 133 Å². The van der Waals surface area contributed by atoms with Gasteiger partial charge in [-0.05, 0) is 128 Å². The topological polar surface area (TPSA) is 123 Å². The number of rotatable bonds is 15. The van der Waals surface area contributed by atoms with E-state index >= 15 is 0 Å². The Bertz CT molecular complexity index is 3560. The molecular weight excluding hydrogens is 1260 g/mol. The highest BCUT2D eigenvalue weighted by molar-refractivity contribution is 7.19. The number of aromatic nitrogens is 6. The Morgan fingerprint density at radius 3 is 0.935 bits per heavy atom. The minimum absolute atomic E-state index is 0.260. The van der Waals surface area contributed by atoms with Crippen LogP contribution < -0.4 is 30.7 Å². The normalized spacial score (nSPS) is 24.0. The van der Waals surface area contributed by atoms with Gasteiger partial charge in [0.25, 0.3) is 0 Å². The Morgan fingerprint density at radius 2 is 0.667 bits per heavy atom. The standard InChI is InChI=1S/3C23H25F3N4S/c3*24-23(25,26)12-18-10-19-20(28-15-29-21(19)31-18)30-9-8-22(14-30)7-6-17(11-22)27-13-16-4-2-1-3-5-16/h3*1-5,10,15,17,27H,6-9,11-14H2/t17-,22+;2*17-,22-/m110/s1. The van der Waals surface area contributed by atoms with Crippen LogP contribution in [0.4, 0.5) is 57.0 Å². The fraction of sp³-hybridized carbons (Fsp3) is 0.478. The van der Waals surface area contributed by atoms with E-state index in [1.165, 1.54) is 54.9 Å². The van der Waals surface area contributed by atoms with E-state index in [0.717, 1.165) is 184 Å². The number of hydrogen-bond acceptors (Lipinski definition) is 15. The van der Waals surface area contributed by atoms with E-state index in [1.807, 2.05) is 18.2 Å². The van der Waals surface area contributed by atoms with Gasteiger partial charge in [0, 0.05) is 91.7 Å². The van der Waals surface area contributed by atoms with Crippen molar-refractivity contribution in [3.63, 3.8) is 0 Å². The highest BCUT2D eigenvalue weighted by Gasteiger charge is 2.48. The van der Waals surface area contributed by atoms with E-state index in [4.69, 9.17) is 0 Å². The predicted molar refractivity (Wildman–Crippen MR) is 352 cm³/mol. The SMILES string of the molecule is FC(F)(F)Cc1cc2c(N3CC[C@@]4(CC[C@@H](NCc5ccccc5)C4)C3)ncnc2s1.FC(F)(F)Cc1cc2c(N3CC[C@]4(CC[C@@H](NCc5ccccc5)C4)C3)ncnc2s1.FC(F)(F)Cc1cc2c(N3CC[C@]4(CC[C@H](NCc5ccccc5)C4)C3)ncnc2s1. The Labute approximate surface area is 546 Å². The maximum absolute atomic E-state index is 12.8. The van der Waals surface area contributed by atoms with E-state index < -0.39 is 37.8 Å². The molecule has 3 aromatic carbocycles. The molecule has 6 aliphatic rings. The van der Waals surface area contributed by atoms with Crippen molar-refractivity contribution in [2.24, 2.45) is 16.2 Å². The van der Waals surface area contributed by atoms with Crippen LogP contribution in [0.2, 0.25) is 0 Å². The van der Waals surface area contributed by atoms with Gasteiger partial charge in [-0.1, -0.05) is 91.0 Å². The van der Waals surface area contributed by atoms with Crippen molar-refractivity contribution in [3.05, 3.63) is 159 Å². The predicted octanol–water partition coefficient (Wildman–Crippen LogP) is 16.0. The van der Waals surface area contributed by atoms with Gasteiger partial charge in [-0.3, -0.25) is 0 Å². The molecule has 15 rings (SSSR count). The number of anilines is 3. The van der Waals surface area contributed by atoms with Crippen molar-refractivity contribution in [3.8, 4) is 0 Å². The van der Waals surface area contributed by atoms with Crippen molar-refractivity contribution in [2.75, 3.05) is 54.0 Å². The number of nitrogens with zero attached hydrogens (tertiary/aromatic N) is 9. The highest BCUT2D eigenvalue weighted by Crippen LogP contribution is 2.51. The number of nitrogens with one attached hydrogen (secondary N) is 3. The number of thiophene rings is 3. The summed E-state index contributed by atoms with van der Waals surface area (Å²) in [7, 11) is 0. The average Bonchev–Trinajstić information content (AvgIpc) is 1.66. The van der Waals surface area contributed by atoms with Gasteiger partial charge in [0.05, 0.1) is 35.4 Å². The summed E-state index contributed by atoms with van der Waals surface area (Å²) in [6, 6.07) is 37.7. The second kappa shape index (κ2) is 27.3. The summed E-state index contributed by atoms with van der Waals surface area (Å²) in [5.41, 5.74) is 4.68. The molecule has 6 aromatic heterocycles. The summed E-state index contributed by atoms with van der Waals surface area (Å²) < 4.78 is 116. The first-order chi connectivity index (χ1) is 44.7. The molecule has 3 aliphatic carbocycles. The van der Waals surface area contributed by atoms with Crippen LogP contribution in [0.1, 0.15) is 108 Å². The average molecular weight is 1340 g/mol. The zero-order valence-corrected chi connectivity index (χ0v) is 53.9. The highest BCUT2D eigenvalue weighted by atomic mass is 32.1. The zero-order chi connectivity index (χ0) is 64.4. The maximum Gasteiger partial charge on any atom is 0.393 e. The molecule has 0 unspecified atom stereocenters. The van der Waals surface area contributed by atoms with Gasteiger partial charge >= 0.3 is 18.5 Å². The fourth-order valence-corrected chi connectivity index (χ4v) is 18.5. The second-order valence-corrected chi connectivity index (χ2v) is 30.0. The third-order valence-corrected chi connectivity index (χ3v) is 23.0. The van der Waals surface area contributed by atoms with E-state index in [0.29, 0.717) is 47.2 Å². The molecule has 0 radical (unpaired) electrons. The van der Waals surface area contributed by atoms with Crippen LogP contribution in [-0.2, 0) is 38.9 Å². The van der Waals surface area contributed by atoms with Crippen LogP contribution in [0.15, 0.2) is 128 Å². The summed E-state index contributed by atoms with van der Waals surface area (Å²) in [6.45, 7) is 8.05. The molecule has 6 atom stereocenters. The molecule has 6 fully saturated rings. The lowest BCUT2D eigenvalue weighted by atomic mass is 9.85. The van der Waals surface area contributed by atoms with Gasteiger partial charge in [0.15, 0.2) is 0 Å². The lowest BCUT2D eigenvalue weighted by Gasteiger charge is -2.25. The molecule has 3 spiro atoms. The van der Waals surface area contributed by atoms with Crippen molar-refractivity contribution >= 4 is 82.1 Å². The Morgan fingerprint density at radius 1 is 0.387 bits per heavy atom. The smallest absolute Gasteiger partial charge is 0.355 e. The molecule has 492 valence electrons. The number of fused-ring (bicyclic) bond motifs is 3. The van der Waals surface area contributed by atoms with Crippen molar-refractivity contribution < 1.29 is 39.5 Å². The molecule has 3 aliphatic heterocycles. The molecular formula is C69H75F9N12S3. The third-order valence-electron chi connectivity index (χ3n) is 19.8. The molecule has 0 amide bonds. The van der Waals surface area contributed by atoms with Gasteiger partial charge in [-0.25, -0.2) is 29.9 Å². The maximum atomic E-state index is 12.8. The summed E-state index contributed by atoms with van der Waals surface area (Å²) in [5, 5.41) is 13.4. The first kappa shape index (κ1) is 65.1. The van der Waals surface area contributed by atoms with Crippen molar-refractivity contribution in [2.45, 2.75) is 153 Å². The Balaban J connectivity index is 0.000000127. The van der Waals surface area contributed by atoms with Gasteiger partial charge in [-0.15, -0.1) is 34.0 Å². The van der Waals surface area contributed by atoms with Crippen LogP contribution in [0.5, 0.6) is 0 Å². The molecule has 24 heteroatoms. The summed E-state index contributed by atoms with van der Waals surface area (Å²) >= 11 is 3.35. The number of benzene rings is 3. The molecule has 3 N–H and O–H groups in total. The fourth-order valence-electron chi connectivity index (χ4n) is 15.5. The van der Waals surface area contributed by atoms with Crippen molar-refractivity contribution in [1.29, 1.82) is 0 Å². The Kier molecular flexibility index (Phi) is 19.1. The summed E-state index contributed by atoms with van der Waals surface area (Å²) in [4.78, 5) is 35.7. The van der Waals surface area contributed by atoms with Crippen molar-refractivity contribution in [1.82, 2.24) is 45.9 Å². The van der Waals surface area contributed by atoms with Gasteiger partial charge in [-0.2, -0.15) is 39.5 Å². The van der Waals surface area contributed by atoms with Gasteiger partial charge < -0.3 is 30.7 Å². The van der Waals surface area contributed by atoms with Crippen LogP contribution in [0.3, 0.4) is 0 Å². The lowest BCUT2D eigenvalue weighted by molar-refractivity contribution is -0.127. The number of alkyl halides is 9. The third kappa shape index (κ3) is 16.2. The van der Waals surface area contributed by atoms with E-state index in [-0.39, 0.29) is 16.2 Å². The summed E-state index contributed by atoms with van der Waals surface area (Å²) in [5.74, 6) is 2.35. The molecule has 12 nitrogen and oxygen atoms in total. The van der Waals surface area contributed by atoms with Crippen LogP contribution in [0, 0.1) is 16.2 Å². The number of halogens is 9. The zero-order valence-electron chi connectivity index (χ0n) is 51.5. The lowest BCUT2D eigenvalue weighted by Crippen LogP contribution is -2.30. The molecule has 3 saturated carbocycles.